The van der Waals surface area contributed by atoms with Crippen LogP contribution in [0.4, 0.5) is 0 Å². The van der Waals surface area contributed by atoms with Crippen LogP contribution in [0.25, 0.3) is 0 Å². The molecule has 0 saturated heterocycles. The molecule has 0 aliphatic carbocycles. The summed E-state index contributed by atoms with van der Waals surface area (Å²) in [5, 5.41) is 0. The Kier molecular flexibility index (Phi) is 9.13. The van der Waals surface area contributed by atoms with Gasteiger partial charge in [-0.25, -0.2) is 0 Å². The standard InChI is InChI=1S/C7H9N.ClH.Li.H/c8-6-7-4-2-1-3-5-7;;;/h1-5H,6,8H2;1H;;. The Morgan fingerprint density at radius 2 is 1.60 bits per heavy atom. The van der Waals surface area contributed by atoms with Crippen molar-refractivity contribution in [3.05, 3.63) is 35.9 Å². The monoisotopic (exact) mass is 151 g/mol. The Labute approximate surface area is 79.6 Å². The average molecular weight is 152 g/mol. The van der Waals surface area contributed by atoms with Gasteiger partial charge < -0.3 is 5.73 Å². The van der Waals surface area contributed by atoms with Crippen LogP contribution >= 0.6 is 12.4 Å². The molecular formula is C7H11ClLiN. The molecule has 0 bridgehead atoms. The van der Waals surface area contributed by atoms with Gasteiger partial charge in [-0.05, 0) is 5.56 Å². The summed E-state index contributed by atoms with van der Waals surface area (Å²) in [7, 11) is 0. The zero-order valence-electron chi connectivity index (χ0n) is 5.08. The van der Waals surface area contributed by atoms with Gasteiger partial charge in [-0.3, -0.25) is 0 Å². The molecule has 1 nitrogen and oxygen atoms in total. The third-order valence-electron chi connectivity index (χ3n) is 1.08. The van der Waals surface area contributed by atoms with Gasteiger partial charge in [-0.2, -0.15) is 0 Å². The van der Waals surface area contributed by atoms with E-state index < -0.39 is 0 Å². The van der Waals surface area contributed by atoms with Crippen LogP contribution < -0.4 is 5.73 Å². The first-order valence-corrected chi connectivity index (χ1v) is 2.67. The summed E-state index contributed by atoms with van der Waals surface area (Å²) >= 11 is 0. The van der Waals surface area contributed by atoms with E-state index in [1.807, 2.05) is 30.3 Å². The summed E-state index contributed by atoms with van der Waals surface area (Å²) in [5.41, 5.74) is 6.54. The van der Waals surface area contributed by atoms with Crippen molar-refractivity contribution in [2.45, 2.75) is 6.54 Å². The molecule has 0 fully saturated rings. The van der Waals surface area contributed by atoms with Gasteiger partial charge in [0.2, 0.25) is 0 Å². The van der Waals surface area contributed by atoms with Crippen LogP contribution in [0.5, 0.6) is 0 Å². The average Bonchev–Trinajstić information content (AvgIpc) is 1.90. The number of hydrogen-bond acceptors (Lipinski definition) is 1. The van der Waals surface area contributed by atoms with Crippen molar-refractivity contribution in [1.29, 1.82) is 0 Å². The molecule has 0 aliphatic rings. The molecule has 0 spiro atoms. The maximum atomic E-state index is 5.35. The molecule has 0 heterocycles. The zero-order chi connectivity index (χ0) is 5.82. The third-order valence-corrected chi connectivity index (χ3v) is 1.08. The predicted octanol–water partition coefficient (Wildman–Crippen LogP) is 0.919. The van der Waals surface area contributed by atoms with Crippen molar-refractivity contribution in [3.8, 4) is 0 Å². The topological polar surface area (TPSA) is 26.0 Å². The van der Waals surface area contributed by atoms with Gasteiger partial charge in [-0.15, -0.1) is 12.4 Å². The van der Waals surface area contributed by atoms with E-state index in [1.165, 1.54) is 5.56 Å². The van der Waals surface area contributed by atoms with Crippen molar-refractivity contribution >= 4 is 31.3 Å². The van der Waals surface area contributed by atoms with E-state index in [-0.39, 0.29) is 31.3 Å². The molecule has 0 amide bonds. The minimum atomic E-state index is 0. The van der Waals surface area contributed by atoms with Crippen LogP contribution in [0.2, 0.25) is 0 Å². The number of benzene rings is 1. The molecule has 1 rings (SSSR count). The first kappa shape index (κ1) is 12.7. The van der Waals surface area contributed by atoms with Crippen LogP contribution in [-0.4, -0.2) is 18.9 Å². The summed E-state index contributed by atoms with van der Waals surface area (Å²) in [6.45, 7) is 0.640. The molecule has 0 unspecified atom stereocenters. The summed E-state index contributed by atoms with van der Waals surface area (Å²) in [5.74, 6) is 0. The summed E-state index contributed by atoms with van der Waals surface area (Å²) in [6, 6.07) is 9.99. The van der Waals surface area contributed by atoms with Crippen molar-refractivity contribution in [2.75, 3.05) is 0 Å². The van der Waals surface area contributed by atoms with Gasteiger partial charge in [-0.1, -0.05) is 30.3 Å². The second kappa shape index (κ2) is 7.18. The van der Waals surface area contributed by atoms with Crippen LogP contribution in [-0.2, 0) is 6.54 Å². The Morgan fingerprint density at radius 3 is 1.90 bits per heavy atom. The van der Waals surface area contributed by atoms with Gasteiger partial charge >= 0.3 is 18.9 Å². The number of nitrogens with two attached hydrogens (primary N) is 1. The Morgan fingerprint density at radius 1 is 1.10 bits per heavy atom. The van der Waals surface area contributed by atoms with Crippen molar-refractivity contribution < 1.29 is 0 Å². The molecule has 1 aromatic carbocycles. The SMILES string of the molecule is Cl.NCc1ccccc1.[LiH]. The summed E-state index contributed by atoms with van der Waals surface area (Å²) in [4.78, 5) is 0. The second-order valence-corrected chi connectivity index (χ2v) is 1.69. The van der Waals surface area contributed by atoms with Gasteiger partial charge in [0.15, 0.2) is 0 Å². The van der Waals surface area contributed by atoms with E-state index in [4.69, 9.17) is 5.73 Å². The molecule has 0 atom stereocenters. The van der Waals surface area contributed by atoms with E-state index in [9.17, 15) is 0 Å². The first-order valence-electron chi connectivity index (χ1n) is 2.67. The maximum absolute atomic E-state index is 5.35. The van der Waals surface area contributed by atoms with Crippen LogP contribution in [0.15, 0.2) is 30.3 Å². The van der Waals surface area contributed by atoms with E-state index >= 15 is 0 Å². The Bertz CT molecular complexity index is 155. The molecule has 1 aromatic rings. The van der Waals surface area contributed by atoms with Crippen molar-refractivity contribution in [3.63, 3.8) is 0 Å². The molecule has 2 N–H and O–H groups in total. The molecule has 0 aliphatic heterocycles. The van der Waals surface area contributed by atoms with Gasteiger partial charge in [0.05, 0.1) is 0 Å². The van der Waals surface area contributed by atoms with Crippen LogP contribution in [0.3, 0.4) is 0 Å². The normalized spacial score (nSPS) is 7.30. The van der Waals surface area contributed by atoms with Gasteiger partial charge in [0.1, 0.15) is 0 Å². The molecule has 52 valence electrons. The van der Waals surface area contributed by atoms with E-state index in [2.05, 4.69) is 0 Å². The zero-order valence-corrected chi connectivity index (χ0v) is 5.90. The quantitative estimate of drug-likeness (QED) is 0.594. The number of rotatable bonds is 1. The molecular weight excluding hydrogens is 140 g/mol. The van der Waals surface area contributed by atoms with Crippen LogP contribution in [0, 0.1) is 0 Å². The fourth-order valence-corrected chi connectivity index (χ4v) is 0.614. The fraction of sp³-hybridized carbons (Fsp3) is 0.143. The first-order chi connectivity index (χ1) is 3.93. The summed E-state index contributed by atoms with van der Waals surface area (Å²) < 4.78 is 0. The fourth-order valence-electron chi connectivity index (χ4n) is 0.614. The Hall–Kier alpha value is 0.0674. The van der Waals surface area contributed by atoms with E-state index in [0.29, 0.717) is 6.54 Å². The molecule has 0 saturated carbocycles. The number of halogens is 1. The molecule has 3 heteroatoms. The second-order valence-electron chi connectivity index (χ2n) is 1.69. The number of hydrogen-bond donors (Lipinski definition) is 1. The van der Waals surface area contributed by atoms with E-state index in [1.54, 1.807) is 0 Å². The van der Waals surface area contributed by atoms with Crippen molar-refractivity contribution in [1.82, 2.24) is 0 Å². The van der Waals surface area contributed by atoms with E-state index in [0.717, 1.165) is 0 Å². The van der Waals surface area contributed by atoms with Crippen LogP contribution in [0.1, 0.15) is 5.56 Å². The molecule has 0 aromatic heterocycles. The predicted molar refractivity (Wildman–Crippen MR) is 48.7 cm³/mol. The van der Waals surface area contributed by atoms with Crippen molar-refractivity contribution in [2.24, 2.45) is 5.73 Å². The minimum absolute atomic E-state index is 0. The third kappa shape index (κ3) is 3.98. The van der Waals surface area contributed by atoms with Gasteiger partial charge in [0, 0.05) is 6.54 Å². The molecule has 0 radical (unpaired) electrons. The summed E-state index contributed by atoms with van der Waals surface area (Å²) in [6.07, 6.45) is 0. The van der Waals surface area contributed by atoms with Gasteiger partial charge in [0.25, 0.3) is 0 Å². The Balaban J connectivity index is 0. The molecule has 10 heavy (non-hydrogen) atoms.